The van der Waals surface area contributed by atoms with Crippen molar-refractivity contribution >= 4 is 17.2 Å². The van der Waals surface area contributed by atoms with Gasteiger partial charge in [0, 0.05) is 17.5 Å². The van der Waals surface area contributed by atoms with Crippen LogP contribution in [-0.2, 0) is 0 Å². The molecular formula is C16H14FN3O. The van der Waals surface area contributed by atoms with Crippen molar-refractivity contribution in [2.75, 3.05) is 5.32 Å². The van der Waals surface area contributed by atoms with E-state index in [1.54, 1.807) is 6.07 Å². The second-order valence-corrected chi connectivity index (χ2v) is 4.89. The average Bonchev–Trinajstić information content (AvgIpc) is 2.75. The molecule has 4 nitrogen and oxygen atoms in total. The zero-order chi connectivity index (χ0) is 15.0. The molecule has 1 aromatic carbocycles. The van der Waals surface area contributed by atoms with Crippen molar-refractivity contribution in [1.29, 1.82) is 0 Å². The Balaban J connectivity index is 1.89. The number of aromatic nitrogens is 2. The molecule has 0 saturated heterocycles. The number of benzene rings is 1. The first-order valence-electron chi connectivity index (χ1n) is 6.57. The summed E-state index contributed by atoms with van der Waals surface area (Å²) in [6.45, 7) is 3.92. The first kappa shape index (κ1) is 13.3. The van der Waals surface area contributed by atoms with Crippen molar-refractivity contribution in [3.8, 4) is 0 Å². The lowest BCUT2D eigenvalue weighted by Gasteiger charge is -2.06. The van der Waals surface area contributed by atoms with E-state index in [4.69, 9.17) is 0 Å². The van der Waals surface area contributed by atoms with Crippen LogP contribution in [0.3, 0.4) is 0 Å². The first-order chi connectivity index (χ1) is 10.0. The lowest BCUT2D eigenvalue weighted by Crippen LogP contribution is -2.12. The molecule has 0 bridgehead atoms. The molecule has 1 amide bonds. The number of imidazole rings is 1. The third kappa shape index (κ3) is 2.50. The average molecular weight is 283 g/mol. The van der Waals surface area contributed by atoms with E-state index in [0.717, 1.165) is 17.0 Å². The lowest BCUT2D eigenvalue weighted by molar-refractivity contribution is 0.102. The Morgan fingerprint density at radius 3 is 2.57 bits per heavy atom. The fraction of sp³-hybridized carbons (Fsp3) is 0.125. The van der Waals surface area contributed by atoms with Crippen LogP contribution >= 0.6 is 0 Å². The summed E-state index contributed by atoms with van der Waals surface area (Å²) in [5.74, 6) is -0.638. The van der Waals surface area contributed by atoms with Gasteiger partial charge in [-0.1, -0.05) is 0 Å². The second-order valence-electron chi connectivity index (χ2n) is 4.89. The number of anilines is 1. The molecule has 0 radical (unpaired) electrons. The number of rotatable bonds is 2. The Morgan fingerprint density at radius 2 is 1.86 bits per heavy atom. The van der Waals surface area contributed by atoms with Gasteiger partial charge in [-0.05, 0) is 50.2 Å². The number of hydrogen-bond donors (Lipinski definition) is 1. The summed E-state index contributed by atoms with van der Waals surface area (Å²) in [5.41, 5.74) is 3.90. The summed E-state index contributed by atoms with van der Waals surface area (Å²) < 4.78 is 14.8. The standard InChI is InChI=1S/C16H14FN3O/c1-10-11(2)20-9-14(7-8-15(20)18-10)19-16(21)12-3-5-13(17)6-4-12/h3-9H,1-2H3,(H,19,21). The van der Waals surface area contributed by atoms with Crippen LogP contribution in [0, 0.1) is 19.7 Å². The predicted octanol–water partition coefficient (Wildman–Crippen LogP) is 3.34. The first-order valence-corrected chi connectivity index (χ1v) is 6.57. The Bertz CT molecular complexity index is 821. The minimum absolute atomic E-state index is 0.274. The minimum Gasteiger partial charge on any atom is -0.321 e. The number of hydrogen-bond acceptors (Lipinski definition) is 2. The van der Waals surface area contributed by atoms with Crippen LogP contribution in [0.2, 0.25) is 0 Å². The summed E-state index contributed by atoms with van der Waals surface area (Å²) >= 11 is 0. The zero-order valence-corrected chi connectivity index (χ0v) is 11.7. The molecule has 3 rings (SSSR count). The van der Waals surface area contributed by atoms with E-state index in [9.17, 15) is 9.18 Å². The maximum Gasteiger partial charge on any atom is 0.255 e. The maximum atomic E-state index is 12.9. The summed E-state index contributed by atoms with van der Waals surface area (Å²) in [7, 11) is 0. The topological polar surface area (TPSA) is 46.4 Å². The summed E-state index contributed by atoms with van der Waals surface area (Å²) in [6.07, 6.45) is 1.83. The smallest absolute Gasteiger partial charge is 0.255 e. The number of aryl methyl sites for hydroxylation is 2. The van der Waals surface area contributed by atoms with E-state index in [-0.39, 0.29) is 11.7 Å². The Hall–Kier alpha value is -2.69. The second kappa shape index (κ2) is 5.01. The van der Waals surface area contributed by atoms with Gasteiger partial charge in [0.1, 0.15) is 11.5 Å². The normalized spacial score (nSPS) is 10.8. The molecule has 0 spiro atoms. The number of nitrogens with one attached hydrogen (secondary N) is 1. The number of pyridine rings is 1. The molecule has 5 heteroatoms. The van der Waals surface area contributed by atoms with E-state index in [0.29, 0.717) is 11.3 Å². The summed E-state index contributed by atoms with van der Waals surface area (Å²) in [6, 6.07) is 9.08. The van der Waals surface area contributed by atoms with Gasteiger partial charge in [0.2, 0.25) is 0 Å². The van der Waals surface area contributed by atoms with E-state index in [1.165, 1.54) is 24.3 Å². The molecule has 106 valence electrons. The van der Waals surface area contributed by atoms with Crippen LogP contribution in [0.1, 0.15) is 21.7 Å². The fourth-order valence-corrected chi connectivity index (χ4v) is 2.16. The number of halogens is 1. The number of carbonyl (C=O) groups is 1. The molecule has 0 atom stereocenters. The van der Waals surface area contributed by atoms with Crippen molar-refractivity contribution in [2.24, 2.45) is 0 Å². The van der Waals surface area contributed by atoms with Crippen LogP contribution in [0.5, 0.6) is 0 Å². The number of nitrogens with zero attached hydrogens (tertiary/aromatic N) is 2. The van der Waals surface area contributed by atoms with Gasteiger partial charge in [-0.15, -0.1) is 0 Å². The van der Waals surface area contributed by atoms with Gasteiger partial charge in [-0.3, -0.25) is 4.79 Å². The van der Waals surface area contributed by atoms with Crippen LogP contribution in [0.4, 0.5) is 10.1 Å². The largest absolute Gasteiger partial charge is 0.321 e. The molecule has 0 aliphatic carbocycles. The molecular weight excluding hydrogens is 269 g/mol. The lowest BCUT2D eigenvalue weighted by atomic mass is 10.2. The number of amides is 1. The highest BCUT2D eigenvalue weighted by atomic mass is 19.1. The molecule has 0 fully saturated rings. The van der Waals surface area contributed by atoms with Crippen molar-refractivity contribution in [3.05, 3.63) is 65.4 Å². The van der Waals surface area contributed by atoms with E-state index < -0.39 is 0 Å². The highest BCUT2D eigenvalue weighted by Crippen LogP contribution is 2.16. The van der Waals surface area contributed by atoms with Gasteiger partial charge < -0.3 is 9.72 Å². The van der Waals surface area contributed by atoms with Crippen molar-refractivity contribution in [1.82, 2.24) is 9.38 Å². The SMILES string of the molecule is Cc1nc2ccc(NC(=O)c3ccc(F)cc3)cn2c1C. The molecule has 21 heavy (non-hydrogen) atoms. The van der Waals surface area contributed by atoms with Crippen LogP contribution in [-0.4, -0.2) is 15.3 Å². The van der Waals surface area contributed by atoms with Crippen molar-refractivity contribution in [3.63, 3.8) is 0 Å². The zero-order valence-electron chi connectivity index (χ0n) is 11.7. The van der Waals surface area contributed by atoms with Gasteiger partial charge in [0.15, 0.2) is 0 Å². The highest BCUT2D eigenvalue weighted by Gasteiger charge is 2.08. The monoisotopic (exact) mass is 283 g/mol. The Morgan fingerprint density at radius 1 is 1.14 bits per heavy atom. The molecule has 2 heterocycles. The highest BCUT2D eigenvalue weighted by molar-refractivity contribution is 6.04. The van der Waals surface area contributed by atoms with E-state index >= 15 is 0 Å². The minimum atomic E-state index is -0.363. The summed E-state index contributed by atoms with van der Waals surface area (Å²) in [4.78, 5) is 16.5. The van der Waals surface area contributed by atoms with Crippen molar-refractivity contribution < 1.29 is 9.18 Å². The molecule has 1 N–H and O–H groups in total. The number of fused-ring (bicyclic) bond motifs is 1. The quantitative estimate of drug-likeness (QED) is 0.784. The molecule has 0 aliphatic heterocycles. The molecule has 3 aromatic rings. The van der Waals surface area contributed by atoms with Crippen LogP contribution < -0.4 is 5.32 Å². The van der Waals surface area contributed by atoms with E-state index in [2.05, 4.69) is 10.3 Å². The van der Waals surface area contributed by atoms with Gasteiger partial charge in [-0.25, -0.2) is 9.37 Å². The number of carbonyl (C=O) groups excluding carboxylic acids is 1. The molecule has 0 unspecified atom stereocenters. The molecule has 2 aromatic heterocycles. The molecule has 0 aliphatic rings. The maximum absolute atomic E-state index is 12.9. The fourth-order valence-electron chi connectivity index (χ4n) is 2.16. The van der Waals surface area contributed by atoms with Gasteiger partial charge >= 0.3 is 0 Å². The Labute approximate surface area is 121 Å². The van der Waals surface area contributed by atoms with Gasteiger partial charge in [0.05, 0.1) is 11.4 Å². The van der Waals surface area contributed by atoms with Crippen LogP contribution in [0.15, 0.2) is 42.6 Å². The molecule has 0 saturated carbocycles. The Kier molecular flexibility index (Phi) is 3.17. The van der Waals surface area contributed by atoms with Gasteiger partial charge in [0.25, 0.3) is 5.91 Å². The van der Waals surface area contributed by atoms with E-state index in [1.807, 2.05) is 30.5 Å². The third-order valence-electron chi connectivity index (χ3n) is 3.46. The summed E-state index contributed by atoms with van der Waals surface area (Å²) in [5, 5.41) is 2.80. The van der Waals surface area contributed by atoms with Gasteiger partial charge in [-0.2, -0.15) is 0 Å². The van der Waals surface area contributed by atoms with Crippen LogP contribution in [0.25, 0.3) is 5.65 Å². The van der Waals surface area contributed by atoms with Crippen molar-refractivity contribution in [2.45, 2.75) is 13.8 Å². The third-order valence-corrected chi connectivity index (χ3v) is 3.46. The predicted molar refractivity (Wildman–Crippen MR) is 79.0 cm³/mol.